The average Bonchev–Trinajstić information content (AvgIpc) is 3.05. The van der Waals surface area contributed by atoms with Crippen molar-refractivity contribution in [3.05, 3.63) is 119 Å². The second kappa shape index (κ2) is 15.5. The van der Waals surface area contributed by atoms with Crippen molar-refractivity contribution in [3.63, 3.8) is 0 Å². The third-order valence-electron chi connectivity index (χ3n) is 7.30. The number of nitrogens with zero attached hydrogens (tertiary/aromatic N) is 2. The Hall–Kier alpha value is -4.35. The number of halogens is 1. The lowest BCUT2D eigenvalue weighted by Crippen LogP contribution is -2.56. The van der Waals surface area contributed by atoms with Crippen LogP contribution in [-0.2, 0) is 32.6 Å². The zero-order valence-electron chi connectivity index (χ0n) is 27.1. The first-order chi connectivity index (χ1) is 22.3. The van der Waals surface area contributed by atoms with E-state index >= 15 is 0 Å². The summed E-state index contributed by atoms with van der Waals surface area (Å²) in [6.45, 7) is 5.09. The molecule has 0 aliphatic carbocycles. The van der Waals surface area contributed by atoms with E-state index in [1.54, 1.807) is 30.3 Å². The van der Waals surface area contributed by atoms with Gasteiger partial charge in [-0.25, -0.2) is 8.42 Å². The summed E-state index contributed by atoms with van der Waals surface area (Å²) < 4.78 is 41.2. The molecule has 11 heteroatoms. The summed E-state index contributed by atoms with van der Waals surface area (Å²) in [6.07, 6.45) is 0.215. The van der Waals surface area contributed by atoms with Crippen LogP contribution in [0.5, 0.6) is 11.5 Å². The molecule has 0 unspecified atom stereocenters. The van der Waals surface area contributed by atoms with Gasteiger partial charge in [-0.1, -0.05) is 76.6 Å². The van der Waals surface area contributed by atoms with Crippen molar-refractivity contribution in [2.45, 2.75) is 50.2 Å². The number of methoxy groups -OCH3 is 2. The Bertz CT molecular complexity index is 1760. The predicted octanol–water partition coefficient (Wildman–Crippen LogP) is 6.22. The largest absolute Gasteiger partial charge is 0.493 e. The van der Waals surface area contributed by atoms with Crippen molar-refractivity contribution < 1.29 is 27.5 Å². The Morgan fingerprint density at radius 1 is 0.809 bits per heavy atom. The van der Waals surface area contributed by atoms with Crippen LogP contribution in [0, 0.1) is 0 Å². The maximum absolute atomic E-state index is 14.6. The highest BCUT2D eigenvalue weighted by molar-refractivity contribution is 9.10. The van der Waals surface area contributed by atoms with Gasteiger partial charge in [0.25, 0.3) is 10.0 Å². The highest BCUT2D eigenvalue weighted by Crippen LogP contribution is 2.34. The average molecular weight is 723 g/mol. The summed E-state index contributed by atoms with van der Waals surface area (Å²) in [5.41, 5.74) is 1.23. The standard InChI is InChI=1S/C36H40BrN3O6S/c1-36(2,3)38-35(42)31(22-26-12-8-6-9-13-26)39(24-27-16-18-28(37)19-17-27)34(41)25-40(47(43,44)30-14-10-7-11-15-30)29-20-21-32(45-4)33(23-29)46-5/h6-21,23,31H,22,24-25H2,1-5H3,(H,38,42)/t31-/m1/s1. The lowest BCUT2D eigenvalue weighted by molar-refractivity contribution is -0.140. The molecule has 47 heavy (non-hydrogen) atoms. The van der Waals surface area contributed by atoms with Gasteiger partial charge in [-0.3, -0.25) is 13.9 Å². The SMILES string of the molecule is COc1ccc(N(CC(=O)N(Cc2ccc(Br)cc2)[C@H](Cc2ccccc2)C(=O)NC(C)(C)C)S(=O)(=O)c2ccccc2)cc1OC. The van der Waals surface area contributed by atoms with Gasteiger partial charge in [0.05, 0.1) is 24.8 Å². The van der Waals surface area contributed by atoms with Crippen LogP contribution in [0.1, 0.15) is 31.9 Å². The van der Waals surface area contributed by atoms with Crippen molar-refractivity contribution >= 4 is 43.5 Å². The molecule has 0 heterocycles. The number of benzene rings is 4. The monoisotopic (exact) mass is 721 g/mol. The van der Waals surface area contributed by atoms with Crippen molar-refractivity contribution in [3.8, 4) is 11.5 Å². The number of carbonyl (C=O) groups excluding carboxylic acids is 2. The van der Waals surface area contributed by atoms with E-state index in [0.29, 0.717) is 11.5 Å². The first-order valence-electron chi connectivity index (χ1n) is 15.0. The minimum Gasteiger partial charge on any atom is -0.493 e. The first-order valence-corrected chi connectivity index (χ1v) is 17.3. The Labute approximate surface area is 285 Å². The number of amides is 2. The smallest absolute Gasteiger partial charge is 0.264 e. The topological polar surface area (TPSA) is 105 Å². The van der Waals surface area contributed by atoms with E-state index < -0.39 is 34.1 Å². The van der Waals surface area contributed by atoms with Gasteiger partial charge in [-0.05, 0) is 68.3 Å². The zero-order valence-corrected chi connectivity index (χ0v) is 29.5. The minimum atomic E-state index is -4.26. The molecule has 0 bridgehead atoms. The second-order valence-electron chi connectivity index (χ2n) is 12.0. The number of hydrogen-bond donors (Lipinski definition) is 1. The molecule has 4 aromatic carbocycles. The molecule has 0 aliphatic rings. The van der Waals surface area contributed by atoms with Gasteiger partial charge in [0, 0.05) is 29.0 Å². The predicted molar refractivity (Wildman–Crippen MR) is 187 cm³/mol. The summed E-state index contributed by atoms with van der Waals surface area (Å²) in [6, 6.07) is 28.5. The number of carbonyl (C=O) groups is 2. The van der Waals surface area contributed by atoms with Crippen LogP contribution in [-0.4, -0.2) is 57.5 Å². The van der Waals surface area contributed by atoms with Crippen LogP contribution in [0.2, 0.25) is 0 Å². The van der Waals surface area contributed by atoms with Crippen molar-refractivity contribution in [2.24, 2.45) is 0 Å². The maximum Gasteiger partial charge on any atom is 0.264 e. The van der Waals surface area contributed by atoms with Gasteiger partial charge in [-0.15, -0.1) is 0 Å². The van der Waals surface area contributed by atoms with E-state index in [-0.39, 0.29) is 29.5 Å². The van der Waals surface area contributed by atoms with E-state index in [0.717, 1.165) is 19.9 Å². The van der Waals surface area contributed by atoms with Gasteiger partial charge < -0.3 is 19.7 Å². The van der Waals surface area contributed by atoms with Gasteiger partial charge >= 0.3 is 0 Å². The number of nitrogens with one attached hydrogen (secondary N) is 1. The fraction of sp³-hybridized carbons (Fsp3) is 0.278. The number of rotatable bonds is 13. The minimum absolute atomic E-state index is 0.00774. The number of ether oxygens (including phenoxy) is 2. The normalized spacial score (nSPS) is 12.1. The molecule has 0 aliphatic heterocycles. The molecule has 1 atom stereocenters. The highest BCUT2D eigenvalue weighted by Gasteiger charge is 2.36. The molecule has 9 nitrogen and oxygen atoms in total. The quantitative estimate of drug-likeness (QED) is 0.176. The van der Waals surface area contributed by atoms with Crippen LogP contribution in [0.15, 0.2) is 112 Å². The number of hydrogen-bond acceptors (Lipinski definition) is 6. The molecule has 0 saturated carbocycles. The van der Waals surface area contributed by atoms with Crippen molar-refractivity contribution in [2.75, 3.05) is 25.1 Å². The molecule has 248 valence electrons. The number of anilines is 1. The Morgan fingerprint density at radius 2 is 1.40 bits per heavy atom. The van der Waals surface area contributed by atoms with Crippen LogP contribution in [0.3, 0.4) is 0 Å². The summed E-state index contributed by atoms with van der Waals surface area (Å²) in [7, 11) is -1.33. The van der Waals surface area contributed by atoms with Gasteiger partial charge in [0.2, 0.25) is 11.8 Å². The molecule has 4 rings (SSSR count). The molecule has 4 aromatic rings. The van der Waals surface area contributed by atoms with E-state index in [9.17, 15) is 18.0 Å². The van der Waals surface area contributed by atoms with Crippen LogP contribution in [0.4, 0.5) is 5.69 Å². The molecule has 2 amide bonds. The fourth-order valence-electron chi connectivity index (χ4n) is 5.02. The molecule has 0 aromatic heterocycles. The van der Waals surface area contributed by atoms with E-state index in [1.165, 1.54) is 37.3 Å². The molecule has 0 fully saturated rings. The Kier molecular flexibility index (Phi) is 11.7. The van der Waals surface area contributed by atoms with E-state index in [2.05, 4.69) is 21.2 Å². The zero-order chi connectivity index (χ0) is 34.2. The lowest BCUT2D eigenvalue weighted by atomic mass is 10.0. The number of sulfonamides is 1. The molecular weight excluding hydrogens is 682 g/mol. The lowest BCUT2D eigenvalue weighted by Gasteiger charge is -2.35. The molecular formula is C36H40BrN3O6S. The summed E-state index contributed by atoms with van der Waals surface area (Å²) in [5.74, 6) is -0.218. The molecule has 0 radical (unpaired) electrons. The highest BCUT2D eigenvalue weighted by atomic mass is 79.9. The summed E-state index contributed by atoms with van der Waals surface area (Å²) in [5, 5.41) is 3.04. The van der Waals surface area contributed by atoms with Crippen LogP contribution >= 0.6 is 15.9 Å². The van der Waals surface area contributed by atoms with Gasteiger partial charge in [-0.2, -0.15) is 0 Å². The maximum atomic E-state index is 14.6. The molecule has 0 spiro atoms. The van der Waals surface area contributed by atoms with Gasteiger partial charge in [0.15, 0.2) is 11.5 Å². The first kappa shape index (κ1) is 35.5. The fourth-order valence-corrected chi connectivity index (χ4v) is 6.71. The van der Waals surface area contributed by atoms with Crippen LogP contribution < -0.4 is 19.1 Å². The van der Waals surface area contributed by atoms with E-state index in [4.69, 9.17) is 9.47 Å². The van der Waals surface area contributed by atoms with Crippen molar-refractivity contribution in [1.29, 1.82) is 0 Å². The third kappa shape index (κ3) is 9.36. The molecule has 1 N–H and O–H groups in total. The van der Waals surface area contributed by atoms with E-state index in [1.807, 2.05) is 75.4 Å². The van der Waals surface area contributed by atoms with Crippen LogP contribution in [0.25, 0.3) is 0 Å². The summed E-state index contributed by atoms with van der Waals surface area (Å²) >= 11 is 3.46. The van der Waals surface area contributed by atoms with Gasteiger partial charge in [0.1, 0.15) is 12.6 Å². The second-order valence-corrected chi connectivity index (χ2v) is 14.7. The summed E-state index contributed by atoms with van der Waals surface area (Å²) in [4.78, 5) is 30.1. The third-order valence-corrected chi connectivity index (χ3v) is 9.62. The molecule has 0 saturated heterocycles. The Morgan fingerprint density at radius 3 is 1.98 bits per heavy atom. The Balaban J connectivity index is 1.84. The van der Waals surface area contributed by atoms with Crippen molar-refractivity contribution in [1.82, 2.24) is 10.2 Å².